The lowest BCUT2D eigenvalue weighted by molar-refractivity contribution is -0.383. The summed E-state index contributed by atoms with van der Waals surface area (Å²) in [6, 6.07) is 9.87. The van der Waals surface area contributed by atoms with E-state index in [2.05, 4.69) is 15.3 Å². The molecule has 1 N–H and O–H groups in total. The number of rotatable bonds is 7. The first-order valence-electron chi connectivity index (χ1n) is 9.20. The van der Waals surface area contributed by atoms with Crippen LogP contribution in [0, 0.1) is 16.0 Å². The zero-order valence-electron chi connectivity index (χ0n) is 15.7. The molecule has 1 saturated heterocycles. The number of carbonyl (C=O) groups is 1. The van der Waals surface area contributed by atoms with E-state index in [1.165, 1.54) is 13.4 Å². The van der Waals surface area contributed by atoms with Gasteiger partial charge in [0.1, 0.15) is 6.33 Å². The third-order valence-electron chi connectivity index (χ3n) is 4.86. The summed E-state index contributed by atoms with van der Waals surface area (Å²) in [6.45, 7) is 1.52. The molecule has 148 valence electrons. The van der Waals surface area contributed by atoms with Crippen molar-refractivity contribution in [2.24, 2.45) is 5.92 Å². The summed E-state index contributed by atoms with van der Waals surface area (Å²) >= 11 is 0. The van der Waals surface area contributed by atoms with Crippen molar-refractivity contribution < 1.29 is 14.5 Å². The molecule has 0 radical (unpaired) electrons. The standard InChI is InChI=1S/C19H23N5O4/c1-28-19(25)15-8-11-23(12-9-15)18-16(24(26)27)17(21-13-22-18)20-10-7-14-5-3-2-4-6-14/h2-6,13,15H,7-12H2,1H3,(H,20,21,22). The van der Waals surface area contributed by atoms with E-state index in [0.29, 0.717) is 32.5 Å². The molecule has 1 aliphatic rings. The number of carbonyl (C=O) groups excluding carboxylic acids is 1. The van der Waals surface area contributed by atoms with Crippen LogP contribution in [0.1, 0.15) is 18.4 Å². The number of esters is 1. The number of aromatic nitrogens is 2. The minimum absolute atomic E-state index is 0.132. The van der Waals surface area contributed by atoms with Gasteiger partial charge >= 0.3 is 11.7 Å². The molecule has 1 aliphatic heterocycles. The van der Waals surface area contributed by atoms with Crippen LogP contribution in [0.2, 0.25) is 0 Å². The second kappa shape index (κ2) is 9.12. The lowest BCUT2D eigenvalue weighted by atomic mass is 9.97. The number of hydrogen-bond donors (Lipinski definition) is 1. The number of hydrogen-bond acceptors (Lipinski definition) is 8. The Labute approximate surface area is 162 Å². The number of nitro groups is 1. The minimum atomic E-state index is -0.452. The molecule has 0 aliphatic carbocycles. The zero-order valence-corrected chi connectivity index (χ0v) is 15.7. The average molecular weight is 385 g/mol. The first-order valence-corrected chi connectivity index (χ1v) is 9.20. The van der Waals surface area contributed by atoms with Gasteiger partial charge in [-0.1, -0.05) is 30.3 Å². The van der Waals surface area contributed by atoms with Crippen LogP contribution in [-0.2, 0) is 16.0 Å². The van der Waals surface area contributed by atoms with E-state index >= 15 is 0 Å². The molecule has 0 amide bonds. The van der Waals surface area contributed by atoms with E-state index in [9.17, 15) is 14.9 Å². The van der Waals surface area contributed by atoms with E-state index in [-0.39, 0.29) is 29.2 Å². The Balaban J connectivity index is 1.71. The van der Waals surface area contributed by atoms with Gasteiger partial charge in [0, 0.05) is 19.6 Å². The maximum Gasteiger partial charge on any atom is 0.353 e. The summed E-state index contributed by atoms with van der Waals surface area (Å²) in [5.41, 5.74) is 1.00. The summed E-state index contributed by atoms with van der Waals surface area (Å²) < 4.78 is 4.79. The molecule has 0 atom stereocenters. The topological polar surface area (TPSA) is 110 Å². The lowest BCUT2D eigenvalue weighted by Gasteiger charge is -2.31. The van der Waals surface area contributed by atoms with Gasteiger partial charge in [-0.3, -0.25) is 14.9 Å². The van der Waals surface area contributed by atoms with Gasteiger partial charge < -0.3 is 15.0 Å². The summed E-state index contributed by atoms with van der Waals surface area (Å²) in [5, 5.41) is 14.8. The van der Waals surface area contributed by atoms with E-state index in [0.717, 1.165) is 12.0 Å². The Hall–Kier alpha value is -3.23. The SMILES string of the molecule is COC(=O)C1CCN(c2ncnc(NCCc3ccccc3)c2[N+](=O)[O-])CC1. The highest BCUT2D eigenvalue weighted by Crippen LogP contribution is 2.34. The van der Waals surface area contributed by atoms with Crippen LogP contribution >= 0.6 is 0 Å². The Morgan fingerprint density at radius 1 is 1.29 bits per heavy atom. The van der Waals surface area contributed by atoms with Crippen molar-refractivity contribution in [3.8, 4) is 0 Å². The average Bonchev–Trinajstić information content (AvgIpc) is 2.73. The number of piperidine rings is 1. The Bertz CT molecular complexity index is 822. The normalized spacial score (nSPS) is 14.5. The van der Waals surface area contributed by atoms with Crippen molar-refractivity contribution >= 4 is 23.3 Å². The van der Waals surface area contributed by atoms with Crippen molar-refractivity contribution in [3.05, 3.63) is 52.3 Å². The molecule has 9 nitrogen and oxygen atoms in total. The molecule has 28 heavy (non-hydrogen) atoms. The lowest BCUT2D eigenvalue weighted by Crippen LogP contribution is -2.37. The van der Waals surface area contributed by atoms with Crippen LogP contribution in [0.15, 0.2) is 36.7 Å². The van der Waals surface area contributed by atoms with E-state index < -0.39 is 4.92 Å². The van der Waals surface area contributed by atoms with E-state index in [4.69, 9.17) is 4.74 Å². The molecular weight excluding hydrogens is 362 g/mol. The van der Waals surface area contributed by atoms with Gasteiger partial charge in [0.25, 0.3) is 0 Å². The summed E-state index contributed by atoms with van der Waals surface area (Å²) in [7, 11) is 1.37. The number of methoxy groups -OCH3 is 1. The van der Waals surface area contributed by atoms with Crippen LogP contribution in [0.25, 0.3) is 0 Å². The van der Waals surface area contributed by atoms with Gasteiger partial charge in [0.15, 0.2) is 0 Å². The smallest absolute Gasteiger partial charge is 0.353 e. The molecule has 1 fully saturated rings. The minimum Gasteiger partial charge on any atom is -0.469 e. The van der Waals surface area contributed by atoms with Crippen LogP contribution in [-0.4, -0.2) is 47.6 Å². The fourth-order valence-electron chi connectivity index (χ4n) is 3.36. The highest BCUT2D eigenvalue weighted by molar-refractivity contribution is 5.74. The number of benzene rings is 1. The number of anilines is 2. The number of nitrogens with one attached hydrogen (secondary N) is 1. The van der Waals surface area contributed by atoms with Crippen molar-refractivity contribution in [2.45, 2.75) is 19.3 Å². The molecule has 0 unspecified atom stereocenters. The van der Waals surface area contributed by atoms with Crippen molar-refractivity contribution in [2.75, 3.05) is 37.0 Å². The van der Waals surface area contributed by atoms with Crippen LogP contribution in [0.4, 0.5) is 17.3 Å². The molecule has 1 aromatic carbocycles. The third kappa shape index (κ3) is 4.54. The van der Waals surface area contributed by atoms with Crippen LogP contribution in [0.3, 0.4) is 0 Å². The maximum atomic E-state index is 11.7. The Kier molecular flexibility index (Phi) is 6.36. The Morgan fingerprint density at radius 2 is 2.00 bits per heavy atom. The summed E-state index contributed by atoms with van der Waals surface area (Å²) in [5.74, 6) is 0.0808. The number of ether oxygens (including phenoxy) is 1. The predicted octanol–water partition coefficient (Wildman–Crippen LogP) is 2.43. The molecule has 0 saturated carbocycles. The van der Waals surface area contributed by atoms with Gasteiger partial charge in [-0.25, -0.2) is 9.97 Å². The largest absolute Gasteiger partial charge is 0.469 e. The highest BCUT2D eigenvalue weighted by atomic mass is 16.6. The first-order chi connectivity index (χ1) is 13.6. The predicted molar refractivity (Wildman–Crippen MR) is 104 cm³/mol. The van der Waals surface area contributed by atoms with Crippen molar-refractivity contribution in [1.29, 1.82) is 0 Å². The third-order valence-corrected chi connectivity index (χ3v) is 4.86. The summed E-state index contributed by atoms with van der Waals surface area (Å²) in [6.07, 6.45) is 3.20. The van der Waals surface area contributed by atoms with Gasteiger partial charge in [-0.2, -0.15) is 0 Å². The van der Waals surface area contributed by atoms with Crippen LogP contribution in [0.5, 0.6) is 0 Å². The maximum absolute atomic E-state index is 11.7. The molecule has 1 aromatic heterocycles. The second-order valence-electron chi connectivity index (χ2n) is 6.60. The second-order valence-corrected chi connectivity index (χ2v) is 6.60. The van der Waals surface area contributed by atoms with E-state index in [1.54, 1.807) is 0 Å². The van der Waals surface area contributed by atoms with Crippen molar-refractivity contribution in [3.63, 3.8) is 0 Å². The molecule has 9 heteroatoms. The number of nitrogens with zero attached hydrogens (tertiary/aromatic N) is 4. The quantitative estimate of drug-likeness (QED) is 0.439. The van der Waals surface area contributed by atoms with Crippen LogP contribution < -0.4 is 10.2 Å². The van der Waals surface area contributed by atoms with Crippen molar-refractivity contribution in [1.82, 2.24) is 9.97 Å². The molecule has 3 rings (SSSR count). The molecule has 0 spiro atoms. The molecular formula is C19H23N5O4. The molecule has 2 aromatic rings. The molecule has 2 heterocycles. The summed E-state index contributed by atoms with van der Waals surface area (Å²) in [4.78, 5) is 33.0. The Morgan fingerprint density at radius 3 is 2.64 bits per heavy atom. The van der Waals surface area contributed by atoms with Gasteiger partial charge in [-0.15, -0.1) is 0 Å². The fraction of sp³-hybridized carbons (Fsp3) is 0.421. The molecule has 0 bridgehead atoms. The van der Waals surface area contributed by atoms with E-state index in [1.807, 2.05) is 35.2 Å². The van der Waals surface area contributed by atoms with Gasteiger partial charge in [-0.05, 0) is 24.8 Å². The zero-order chi connectivity index (χ0) is 19.9. The van der Waals surface area contributed by atoms with Gasteiger partial charge in [0.05, 0.1) is 18.0 Å². The van der Waals surface area contributed by atoms with Gasteiger partial charge in [0.2, 0.25) is 11.6 Å². The monoisotopic (exact) mass is 385 g/mol. The fourth-order valence-corrected chi connectivity index (χ4v) is 3.36. The highest BCUT2D eigenvalue weighted by Gasteiger charge is 2.31. The first kappa shape index (κ1) is 19.5.